The van der Waals surface area contributed by atoms with Crippen molar-refractivity contribution in [3.8, 4) is 0 Å². The normalized spacial score (nSPS) is 13.2. The van der Waals surface area contributed by atoms with E-state index in [0.29, 0.717) is 0 Å². The number of amides is 1. The van der Waals surface area contributed by atoms with Crippen LogP contribution < -0.4 is 5.32 Å². The minimum atomic E-state index is -0.456. The van der Waals surface area contributed by atoms with E-state index in [2.05, 4.69) is 21.2 Å². The van der Waals surface area contributed by atoms with Crippen LogP contribution in [0.25, 0.3) is 0 Å². The van der Waals surface area contributed by atoms with Crippen LogP contribution in [0.5, 0.6) is 0 Å². The van der Waals surface area contributed by atoms with Crippen LogP contribution in [-0.4, -0.2) is 16.3 Å². The fourth-order valence-corrected chi connectivity index (χ4v) is 1.71. The van der Waals surface area contributed by atoms with Gasteiger partial charge in [-0.1, -0.05) is 40.5 Å². The van der Waals surface area contributed by atoms with Gasteiger partial charge in [-0.15, -0.1) is 0 Å². The van der Waals surface area contributed by atoms with Gasteiger partial charge >= 0.3 is 0 Å². The average molecular weight is 337 g/mol. The molecule has 1 atom stereocenters. The van der Waals surface area contributed by atoms with Crippen molar-refractivity contribution in [2.45, 2.75) is 37.6 Å². The number of nitrogens with one attached hydrogen (secondary N) is 1. The first-order valence-electron chi connectivity index (χ1n) is 5.62. The summed E-state index contributed by atoms with van der Waals surface area (Å²) in [7, 11) is 0. The fraction of sp³-hybridized carbons (Fsp3) is 0.462. The molecule has 0 saturated carbocycles. The van der Waals surface area contributed by atoms with E-state index >= 15 is 0 Å². The van der Waals surface area contributed by atoms with E-state index in [1.807, 2.05) is 20.8 Å². The molecule has 18 heavy (non-hydrogen) atoms. The average Bonchev–Trinajstić information content (AvgIpc) is 2.22. The van der Waals surface area contributed by atoms with Gasteiger partial charge in [0.15, 0.2) is 0 Å². The van der Waals surface area contributed by atoms with Crippen molar-refractivity contribution < 1.29 is 9.18 Å². The van der Waals surface area contributed by atoms with E-state index < -0.39 is 11.4 Å². The first kappa shape index (κ1) is 15.4. The molecule has 1 aromatic rings. The Hall–Kier alpha value is -0.610. The second-order valence-electron chi connectivity index (χ2n) is 4.76. The van der Waals surface area contributed by atoms with Crippen molar-refractivity contribution >= 4 is 33.4 Å². The maximum Gasteiger partial charge on any atom is 0.225 e. The third-order valence-electron chi connectivity index (χ3n) is 2.86. The second kappa shape index (κ2) is 6.02. The highest BCUT2D eigenvalue weighted by Crippen LogP contribution is 2.21. The number of hydrogen-bond acceptors (Lipinski definition) is 1. The molecule has 1 N–H and O–H groups in total. The van der Waals surface area contributed by atoms with Gasteiger partial charge < -0.3 is 5.32 Å². The summed E-state index contributed by atoms with van der Waals surface area (Å²) in [5.74, 6) is -0.708. The topological polar surface area (TPSA) is 29.1 Å². The van der Waals surface area contributed by atoms with Crippen LogP contribution in [0, 0.1) is 5.82 Å². The molecule has 0 heterocycles. The fourth-order valence-electron chi connectivity index (χ4n) is 1.36. The predicted molar refractivity (Wildman–Crippen MR) is 75.7 cm³/mol. The van der Waals surface area contributed by atoms with Gasteiger partial charge in [-0.2, -0.15) is 0 Å². The number of carbonyl (C=O) groups is 1. The Labute approximate surface area is 120 Å². The molecule has 1 aromatic carbocycles. The highest BCUT2D eigenvalue weighted by molar-refractivity contribution is 9.09. The smallest absolute Gasteiger partial charge is 0.225 e. The Morgan fingerprint density at radius 3 is 2.67 bits per heavy atom. The van der Waals surface area contributed by atoms with Gasteiger partial charge in [0.25, 0.3) is 0 Å². The Morgan fingerprint density at radius 2 is 2.17 bits per heavy atom. The van der Waals surface area contributed by atoms with Crippen molar-refractivity contribution in [3.05, 3.63) is 34.6 Å². The van der Waals surface area contributed by atoms with Crippen LogP contribution in [0.1, 0.15) is 26.3 Å². The van der Waals surface area contributed by atoms with Crippen LogP contribution in [0.15, 0.2) is 18.2 Å². The molecular formula is C13H16BrClFNO. The first-order valence-corrected chi connectivity index (χ1v) is 6.91. The SMILES string of the molecule is CC(Br)C(C)(C)NC(=O)Cc1c(F)cccc1Cl. The molecule has 0 fully saturated rings. The summed E-state index contributed by atoms with van der Waals surface area (Å²) in [6.45, 7) is 5.73. The molecule has 2 nitrogen and oxygen atoms in total. The summed E-state index contributed by atoms with van der Waals surface area (Å²) < 4.78 is 13.5. The number of carbonyl (C=O) groups excluding carboxylic acids is 1. The predicted octanol–water partition coefficient (Wildman–Crippen LogP) is 3.70. The first-order chi connectivity index (χ1) is 8.24. The molecule has 0 saturated heterocycles. The summed E-state index contributed by atoms with van der Waals surface area (Å²) in [6, 6.07) is 4.39. The molecule has 5 heteroatoms. The van der Waals surface area contributed by atoms with Crippen LogP contribution in [-0.2, 0) is 11.2 Å². The van der Waals surface area contributed by atoms with Crippen LogP contribution >= 0.6 is 27.5 Å². The van der Waals surface area contributed by atoms with E-state index in [4.69, 9.17) is 11.6 Å². The van der Waals surface area contributed by atoms with Crippen molar-refractivity contribution in [2.75, 3.05) is 0 Å². The molecule has 0 radical (unpaired) electrons. The van der Waals surface area contributed by atoms with Gasteiger partial charge in [0.05, 0.1) is 6.42 Å². The maximum atomic E-state index is 13.5. The van der Waals surface area contributed by atoms with Crippen LogP contribution in [0.4, 0.5) is 4.39 Å². The standard InChI is InChI=1S/C13H16BrClFNO/c1-8(14)13(2,3)17-12(18)7-9-10(15)5-4-6-11(9)16/h4-6,8H,7H2,1-3H3,(H,17,18). The summed E-state index contributed by atoms with van der Waals surface area (Å²) >= 11 is 9.30. The molecule has 1 unspecified atom stereocenters. The molecule has 0 aliphatic carbocycles. The molecule has 0 aromatic heterocycles. The quantitative estimate of drug-likeness (QED) is 0.835. The summed E-state index contributed by atoms with van der Waals surface area (Å²) in [4.78, 5) is 12.0. The third-order valence-corrected chi connectivity index (χ3v) is 4.35. The highest BCUT2D eigenvalue weighted by Gasteiger charge is 2.26. The van der Waals surface area contributed by atoms with E-state index in [-0.39, 0.29) is 27.7 Å². The van der Waals surface area contributed by atoms with Crippen molar-refractivity contribution in [2.24, 2.45) is 0 Å². The lowest BCUT2D eigenvalue weighted by molar-refractivity contribution is -0.122. The van der Waals surface area contributed by atoms with Crippen molar-refractivity contribution in [1.29, 1.82) is 0 Å². The lowest BCUT2D eigenvalue weighted by Gasteiger charge is -2.29. The highest BCUT2D eigenvalue weighted by atomic mass is 79.9. The molecule has 0 bridgehead atoms. The van der Waals surface area contributed by atoms with Crippen LogP contribution in [0.3, 0.4) is 0 Å². The van der Waals surface area contributed by atoms with Crippen molar-refractivity contribution in [3.63, 3.8) is 0 Å². The van der Waals surface area contributed by atoms with Crippen molar-refractivity contribution in [1.82, 2.24) is 5.32 Å². The molecule has 0 aliphatic rings. The summed E-state index contributed by atoms with van der Waals surface area (Å²) in [5.41, 5.74) is -0.177. The zero-order chi connectivity index (χ0) is 13.9. The van der Waals surface area contributed by atoms with Gasteiger partial charge in [0.1, 0.15) is 5.82 Å². The number of halogens is 3. The molecule has 100 valence electrons. The van der Waals surface area contributed by atoms with Gasteiger partial charge in [-0.25, -0.2) is 4.39 Å². The van der Waals surface area contributed by atoms with E-state index in [1.165, 1.54) is 12.1 Å². The molecule has 0 spiro atoms. The zero-order valence-corrected chi connectivity index (χ0v) is 12.9. The maximum absolute atomic E-state index is 13.5. The van der Waals surface area contributed by atoms with Crippen LogP contribution in [0.2, 0.25) is 5.02 Å². The molecule has 1 rings (SSSR count). The lowest BCUT2D eigenvalue weighted by Crippen LogP contribution is -2.49. The second-order valence-corrected chi connectivity index (χ2v) is 6.54. The number of hydrogen-bond donors (Lipinski definition) is 1. The van der Waals surface area contributed by atoms with E-state index in [1.54, 1.807) is 6.07 Å². The number of alkyl halides is 1. The Balaban J connectivity index is 2.77. The summed E-state index contributed by atoms with van der Waals surface area (Å²) in [6.07, 6.45) is -0.0609. The Bertz CT molecular complexity index is 428. The van der Waals surface area contributed by atoms with Gasteiger partial charge in [-0.05, 0) is 26.0 Å². The monoisotopic (exact) mass is 335 g/mol. The Morgan fingerprint density at radius 1 is 1.56 bits per heavy atom. The van der Waals surface area contributed by atoms with Gasteiger partial charge in [0.2, 0.25) is 5.91 Å². The third kappa shape index (κ3) is 3.95. The minimum absolute atomic E-state index is 0.0609. The van der Waals surface area contributed by atoms with Gasteiger partial charge in [0, 0.05) is 21.0 Å². The lowest BCUT2D eigenvalue weighted by atomic mass is 10.0. The number of rotatable bonds is 4. The molecule has 0 aliphatic heterocycles. The summed E-state index contributed by atoms with van der Waals surface area (Å²) in [5, 5.41) is 3.12. The molecular weight excluding hydrogens is 321 g/mol. The number of benzene rings is 1. The van der Waals surface area contributed by atoms with E-state index in [9.17, 15) is 9.18 Å². The Kier molecular flexibility index (Phi) is 5.17. The van der Waals surface area contributed by atoms with E-state index in [0.717, 1.165) is 0 Å². The zero-order valence-electron chi connectivity index (χ0n) is 10.6. The van der Waals surface area contributed by atoms with Gasteiger partial charge in [-0.3, -0.25) is 4.79 Å². The molecule has 1 amide bonds. The largest absolute Gasteiger partial charge is 0.350 e. The minimum Gasteiger partial charge on any atom is -0.350 e.